The number of nitrogens with zero attached hydrogens (tertiary/aromatic N) is 1. The van der Waals surface area contributed by atoms with E-state index in [0.717, 1.165) is 32.1 Å². The summed E-state index contributed by atoms with van der Waals surface area (Å²) in [6.45, 7) is 13.9. The third kappa shape index (κ3) is 7.03. The summed E-state index contributed by atoms with van der Waals surface area (Å²) < 4.78 is 13.2. The number of carbonyl (C=O) groups excluding carboxylic acids is 2. The van der Waals surface area contributed by atoms with Gasteiger partial charge in [-0.2, -0.15) is 0 Å². The quantitative estimate of drug-likeness (QED) is 0.118. The molecule has 9 nitrogen and oxygen atoms in total. The summed E-state index contributed by atoms with van der Waals surface area (Å²) in [6.07, 6.45) is 7.42. The summed E-state index contributed by atoms with van der Waals surface area (Å²) in [5.41, 5.74) is 5.66. The predicted octanol–water partition coefficient (Wildman–Crippen LogP) is 3.16. The highest BCUT2D eigenvalue weighted by molar-refractivity contribution is 6.47. The topological polar surface area (TPSA) is 127 Å². The van der Waals surface area contributed by atoms with Crippen LogP contribution in [0.5, 0.6) is 0 Å². The summed E-state index contributed by atoms with van der Waals surface area (Å²) in [5, 5.41) is 9.24. The molecule has 4 fully saturated rings. The van der Waals surface area contributed by atoms with E-state index >= 15 is 0 Å². The van der Waals surface area contributed by atoms with E-state index in [1.165, 1.54) is 6.42 Å². The standard InChI is InChI=1S/C28H52BN5O4/c1-8-9-10-13-24(35)33-20(12-11-14-32-26(30)31-7)25(36)34-23(15-18(2)3)29-37-22-17-19-16-21(27(19,4)5)28(22,6)38-29/h18-23H,8-17H2,1-7H3,(H,33,35)(H,34,36)(H3,30,31,32)/t19-,20-,21-,22+,23-,28-/m0/s1. The number of hydrogen-bond donors (Lipinski definition) is 4. The lowest BCUT2D eigenvalue weighted by Crippen LogP contribution is -2.65. The number of hydrogen-bond acceptors (Lipinski definition) is 5. The Bertz CT molecular complexity index is 853. The Morgan fingerprint density at radius 1 is 1.13 bits per heavy atom. The van der Waals surface area contributed by atoms with Crippen molar-refractivity contribution in [2.45, 2.75) is 123 Å². The molecule has 4 rings (SSSR count). The molecular formula is C28H52BN5O4. The second-order valence-electron chi connectivity index (χ2n) is 12.8. The summed E-state index contributed by atoms with van der Waals surface area (Å²) in [4.78, 5) is 30.2. The van der Waals surface area contributed by atoms with Crippen LogP contribution in [0.2, 0.25) is 0 Å². The first-order valence-electron chi connectivity index (χ1n) is 14.8. The molecule has 3 aliphatic carbocycles. The molecular weight excluding hydrogens is 481 g/mol. The molecule has 0 spiro atoms. The lowest BCUT2D eigenvalue weighted by molar-refractivity contribution is -0.199. The molecule has 216 valence electrons. The zero-order chi connectivity index (χ0) is 28.1. The van der Waals surface area contributed by atoms with Gasteiger partial charge in [0, 0.05) is 20.0 Å². The largest absolute Gasteiger partial charge is 0.481 e. The highest BCUT2D eigenvalue weighted by Crippen LogP contribution is 2.65. The lowest BCUT2D eigenvalue weighted by atomic mass is 9.43. The molecule has 38 heavy (non-hydrogen) atoms. The van der Waals surface area contributed by atoms with Gasteiger partial charge in [0.15, 0.2) is 5.96 Å². The van der Waals surface area contributed by atoms with E-state index in [9.17, 15) is 9.59 Å². The van der Waals surface area contributed by atoms with Gasteiger partial charge in [-0.1, -0.05) is 47.5 Å². The van der Waals surface area contributed by atoms with E-state index in [4.69, 9.17) is 15.0 Å². The molecule has 6 atom stereocenters. The van der Waals surface area contributed by atoms with E-state index in [0.29, 0.717) is 49.5 Å². The molecule has 4 aliphatic rings. The number of amides is 2. The zero-order valence-corrected chi connectivity index (χ0v) is 24.8. The molecule has 0 radical (unpaired) electrons. The van der Waals surface area contributed by atoms with Gasteiger partial charge in [-0.05, 0) is 68.6 Å². The van der Waals surface area contributed by atoms with Crippen LogP contribution in [0.25, 0.3) is 0 Å². The van der Waals surface area contributed by atoms with Crippen molar-refractivity contribution in [1.82, 2.24) is 16.0 Å². The molecule has 10 heteroatoms. The summed E-state index contributed by atoms with van der Waals surface area (Å²) in [7, 11) is 1.13. The highest BCUT2D eigenvalue weighted by Gasteiger charge is 2.68. The predicted molar refractivity (Wildman–Crippen MR) is 152 cm³/mol. The SMILES string of the molecule is CCCCCC(=O)N[C@@H](CCCNC(N)=NC)C(=O)N[C@@H](CC(C)C)B1O[C@@H]2C[C@@H]3C[C@@H](C3(C)C)[C@]2(C)O1. The Kier molecular flexibility index (Phi) is 10.5. The van der Waals surface area contributed by atoms with Crippen LogP contribution in [0.15, 0.2) is 4.99 Å². The Hall–Kier alpha value is -1.81. The number of guanidine groups is 1. The van der Waals surface area contributed by atoms with Crippen LogP contribution in [0.1, 0.15) is 99.3 Å². The van der Waals surface area contributed by atoms with Crippen molar-refractivity contribution in [2.75, 3.05) is 13.6 Å². The lowest BCUT2D eigenvalue weighted by Gasteiger charge is -2.64. The highest BCUT2D eigenvalue weighted by atomic mass is 16.7. The van der Waals surface area contributed by atoms with Crippen molar-refractivity contribution >= 4 is 24.9 Å². The van der Waals surface area contributed by atoms with Crippen molar-refractivity contribution in [3.8, 4) is 0 Å². The molecule has 1 aliphatic heterocycles. The zero-order valence-electron chi connectivity index (χ0n) is 24.8. The number of carbonyl (C=O) groups is 2. The normalized spacial score (nSPS) is 29.3. The molecule has 2 bridgehead atoms. The van der Waals surface area contributed by atoms with E-state index in [-0.39, 0.29) is 34.9 Å². The van der Waals surface area contributed by atoms with Crippen LogP contribution < -0.4 is 21.7 Å². The van der Waals surface area contributed by atoms with Crippen molar-refractivity contribution < 1.29 is 18.9 Å². The van der Waals surface area contributed by atoms with Crippen LogP contribution in [0, 0.1) is 23.2 Å². The monoisotopic (exact) mass is 533 g/mol. The average Bonchev–Trinajstić information content (AvgIpc) is 3.22. The third-order valence-corrected chi connectivity index (χ3v) is 9.23. The van der Waals surface area contributed by atoms with Gasteiger partial charge >= 0.3 is 7.12 Å². The Balaban J connectivity index is 1.67. The number of nitrogens with one attached hydrogen (secondary N) is 3. The molecule has 0 unspecified atom stereocenters. The molecule has 1 saturated heterocycles. The fourth-order valence-corrected chi connectivity index (χ4v) is 6.77. The van der Waals surface area contributed by atoms with Crippen LogP contribution in [0.4, 0.5) is 0 Å². The molecule has 5 N–H and O–H groups in total. The van der Waals surface area contributed by atoms with Gasteiger partial charge in [0.05, 0.1) is 17.6 Å². The fraction of sp³-hybridized carbons (Fsp3) is 0.893. The van der Waals surface area contributed by atoms with Crippen molar-refractivity contribution in [1.29, 1.82) is 0 Å². The first-order chi connectivity index (χ1) is 17.9. The first-order valence-corrected chi connectivity index (χ1v) is 14.8. The fourth-order valence-electron chi connectivity index (χ4n) is 6.77. The minimum Gasteiger partial charge on any atom is -0.404 e. The minimum absolute atomic E-state index is 0.0571. The van der Waals surface area contributed by atoms with Gasteiger partial charge in [-0.3, -0.25) is 14.6 Å². The van der Waals surface area contributed by atoms with E-state index < -0.39 is 13.2 Å². The van der Waals surface area contributed by atoms with Gasteiger partial charge in [-0.25, -0.2) is 0 Å². The molecule has 1 heterocycles. The second-order valence-corrected chi connectivity index (χ2v) is 12.8. The van der Waals surface area contributed by atoms with Gasteiger partial charge < -0.3 is 31.0 Å². The molecule has 0 aromatic heterocycles. The van der Waals surface area contributed by atoms with Crippen molar-refractivity contribution in [3.05, 3.63) is 0 Å². The maximum atomic E-state index is 13.6. The van der Waals surface area contributed by atoms with Gasteiger partial charge in [0.1, 0.15) is 6.04 Å². The Morgan fingerprint density at radius 3 is 2.50 bits per heavy atom. The van der Waals surface area contributed by atoms with Gasteiger partial charge in [0.2, 0.25) is 11.8 Å². The van der Waals surface area contributed by atoms with E-state index in [1.807, 2.05) is 0 Å². The Labute approximate surface area is 230 Å². The number of aliphatic imine (C=N–C) groups is 1. The van der Waals surface area contributed by atoms with Gasteiger partial charge in [0.25, 0.3) is 0 Å². The third-order valence-electron chi connectivity index (χ3n) is 9.23. The minimum atomic E-state index is -0.633. The number of unbranched alkanes of at least 4 members (excludes halogenated alkanes) is 2. The average molecular weight is 534 g/mol. The van der Waals surface area contributed by atoms with Crippen molar-refractivity contribution in [3.63, 3.8) is 0 Å². The number of rotatable bonds is 14. The molecule has 0 aromatic rings. The molecule has 0 aromatic carbocycles. The summed E-state index contributed by atoms with van der Waals surface area (Å²) in [6, 6.07) is -0.633. The smallest absolute Gasteiger partial charge is 0.404 e. The van der Waals surface area contributed by atoms with Crippen LogP contribution in [-0.2, 0) is 18.9 Å². The van der Waals surface area contributed by atoms with Gasteiger partial charge in [-0.15, -0.1) is 0 Å². The maximum Gasteiger partial charge on any atom is 0.481 e. The van der Waals surface area contributed by atoms with Crippen LogP contribution >= 0.6 is 0 Å². The molecule has 2 amide bonds. The van der Waals surface area contributed by atoms with E-state index in [2.05, 4.69) is 62.5 Å². The summed E-state index contributed by atoms with van der Waals surface area (Å²) in [5.74, 6) is 1.27. The van der Waals surface area contributed by atoms with Crippen LogP contribution in [-0.4, -0.2) is 62.2 Å². The van der Waals surface area contributed by atoms with E-state index in [1.54, 1.807) is 7.05 Å². The Morgan fingerprint density at radius 2 is 1.87 bits per heavy atom. The first kappa shape index (κ1) is 30.7. The summed E-state index contributed by atoms with van der Waals surface area (Å²) >= 11 is 0. The second kappa shape index (κ2) is 13.0. The van der Waals surface area contributed by atoms with Crippen molar-refractivity contribution in [2.24, 2.45) is 33.9 Å². The number of nitrogens with two attached hydrogens (primary N) is 1. The van der Waals surface area contributed by atoms with Crippen LogP contribution in [0.3, 0.4) is 0 Å². The maximum absolute atomic E-state index is 13.6. The molecule has 3 saturated carbocycles.